The van der Waals surface area contributed by atoms with Crippen molar-refractivity contribution in [3.8, 4) is 80.1 Å². The number of phenols is 4. The number of carbonyl (C=O) groups is 9. The van der Waals surface area contributed by atoms with E-state index in [1.807, 2.05) is 0 Å². The number of halogens is 2. The maximum atomic E-state index is 16.9. The minimum absolute atomic E-state index is 0.119. The zero-order valence-electron chi connectivity index (χ0n) is 72.4. The Bertz CT molecular complexity index is 5430. The number of carboxylic acids is 1. The van der Waals surface area contributed by atoms with Gasteiger partial charge in [-0.05, 0) is 178 Å². The van der Waals surface area contributed by atoms with Crippen LogP contribution in [0.2, 0.25) is 10.0 Å². The largest absolute Gasteiger partial charge is 0.508 e. The highest BCUT2D eigenvalue weighted by Gasteiger charge is 2.52. The molecule has 2 saturated heterocycles. The summed E-state index contributed by atoms with van der Waals surface area (Å²) >= 11 is 14.4. The Hall–Kier alpha value is -12.0. The summed E-state index contributed by atoms with van der Waals surface area (Å²) in [7, 11) is 1.43. The molecule has 0 unspecified atom stereocenters. The molecule has 0 aliphatic carbocycles. The summed E-state index contributed by atoms with van der Waals surface area (Å²) in [4.78, 5) is 139. The number of benzene rings is 7. The van der Waals surface area contributed by atoms with E-state index in [9.17, 15) is 75.7 Å². The third-order valence-electron chi connectivity index (χ3n) is 23.5. The molecule has 40 nitrogen and oxygen atoms in total. The lowest BCUT2D eigenvalue weighted by atomic mass is 9.89. The summed E-state index contributed by atoms with van der Waals surface area (Å²) in [5.74, 6) is -17.6. The number of unbranched alkanes of at least 4 members (excludes halogenated alkanes) is 4. The molecule has 0 saturated carbocycles. The van der Waals surface area contributed by atoms with Crippen LogP contribution < -0.4 is 87.9 Å². The number of rotatable bonds is 28. The lowest BCUT2D eigenvalue weighted by Gasteiger charge is -2.41. The van der Waals surface area contributed by atoms with E-state index >= 15 is 28.8 Å². The molecule has 42 heteroatoms. The number of nitrogens with one attached hydrogen (secondary N) is 11. The van der Waals surface area contributed by atoms with Crippen LogP contribution in [0.1, 0.15) is 153 Å². The third-order valence-corrected chi connectivity index (χ3v) is 24.2. The van der Waals surface area contributed by atoms with Crippen LogP contribution in [0.25, 0.3) is 11.1 Å². The highest BCUT2D eigenvalue weighted by Crippen LogP contribution is 2.51. The molecule has 8 heterocycles. The Balaban J connectivity index is 1.02. The normalized spacial score (nSPS) is 25.3. The zero-order valence-corrected chi connectivity index (χ0v) is 73.9. The fourth-order valence-electron chi connectivity index (χ4n) is 16.4. The fraction of sp³-hybridized carbons (Fsp3) is 0.440. The van der Waals surface area contributed by atoms with Gasteiger partial charge in [0, 0.05) is 48.2 Å². The van der Waals surface area contributed by atoms with Crippen molar-refractivity contribution >= 4 is 76.4 Å². The first-order valence-electron chi connectivity index (χ1n) is 43.6. The predicted octanol–water partition coefficient (Wildman–Crippen LogP) is 3.13. The number of amides is 8. The van der Waals surface area contributed by atoms with Crippen LogP contribution in [0.5, 0.6) is 69.0 Å². The molecule has 2 fully saturated rings. The molecule has 0 radical (unpaired) electrons. The van der Waals surface area contributed by atoms with Crippen molar-refractivity contribution in [2.75, 3.05) is 52.9 Å². The number of aromatic hydroxyl groups is 4. The monoisotopic (exact) mass is 1890 g/mol. The van der Waals surface area contributed by atoms with Crippen molar-refractivity contribution in [2.45, 2.75) is 194 Å². The molecule has 8 aliphatic heterocycles. The summed E-state index contributed by atoms with van der Waals surface area (Å²) in [6.45, 7) is 5.92. The van der Waals surface area contributed by atoms with Crippen LogP contribution in [-0.4, -0.2) is 241 Å². The molecular weight excluding hydrogens is 1780 g/mol. The third kappa shape index (κ3) is 23.3. The van der Waals surface area contributed by atoms with Crippen molar-refractivity contribution in [2.24, 2.45) is 11.7 Å². The topological polar surface area (TPSA) is 619 Å². The Labute approximate surface area is 771 Å². The maximum Gasteiger partial charge on any atom is 0.335 e. The Kier molecular flexibility index (Phi) is 32.8. The second kappa shape index (κ2) is 44.3. The number of fused-ring (bicyclic) bond motifs is 14. The standard InChI is InChI=1S/C91H108Cl2N12O28/c1-41(2)12-7-5-4-6-8-13-64(111)100-73-76(114)78(116)81(89(125)126)133-90(73)132-80-61-34-46-35-62(80)129-58-23-18-45(32-53(58)92)74(112)72-88(124)104-70(83(119)98-29-11-28-97-27-10-26-96-25-9-24-94)51-36-47(107)37-60(130-91-79(117)77(115)75(113)63(40-106)131-91)65(51)50-31-43(16-21-55(50)108)68(85(121)105-72)101-86(122)69(46)102-87(123)71-52-38-49(39-57(110)66(52)93)128-59-33-44(17-22-56(59)109)67(95-3)84(120)99-54(82(118)103-71)30-42-14-19-48(127-61)20-15-42/h14-23,31-39,41,54,63,67-79,81,90-91,95-97,106-110,112-117H,4-13,24-30,40,94H2,1-3H3,(H,98,119)(H,99,120)(H,100,111)(H,101,122)(H,102,123)(H,103,118)(H,104,124)(H,105,121)(H,125,126)/t54-,63-,67-,68-,69-,70-,71+,72+,73-,74-,75-,76-,77+,78+,79+,81+,90-,91+/m1/s1. The smallest absolute Gasteiger partial charge is 0.335 e. The number of phenolic OH excluding ortho intramolecular Hbond substituents is 4. The van der Waals surface area contributed by atoms with Crippen molar-refractivity contribution in [3.05, 3.63) is 164 Å². The second-order valence-electron chi connectivity index (χ2n) is 33.5. The van der Waals surface area contributed by atoms with Gasteiger partial charge in [0.25, 0.3) is 0 Å². The van der Waals surface area contributed by atoms with Crippen LogP contribution in [-0.2, 0) is 59.0 Å². The molecule has 17 bridgehead atoms. The van der Waals surface area contributed by atoms with Gasteiger partial charge in [-0.25, -0.2) is 4.79 Å². The van der Waals surface area contributed by atoms with Crippen molar-refractivity contribution in [3.63, 3.8) is 0 Å². The first-order chi connectivity index (χ1) is 63.7. The first-order valence-corrected chi connectivity index (χ1v) is 44.4. The Morgan fingerprint density at radius 1 is 0.541 bits per heavy atom. The molecule has 7 aromatic carbocycles. The number of hydrogen-bond acceptors (Lipinski definition) is 31. The maximum absolute atomic E-state index is 16.9. The van der Waals surface area contributed by atoms with Crippen LogP contribution in [0.4, 0.5) is 0 Å². The van der Waals surface area contributed by atoms with E-state index in [1.54, 1.807) is 0 Å². The molecule has 18 atom stereocenters. The van der Waals surface area contributed by atoms with Crippen LogP contribution in [0.3, 0.4) is 0 Å². The van der Waals surface area contributed by atoms with Crippen LogP contribution in [0.15, 0.2) is 115 Å². The average Bonchev–Trinajstić information content (AvgIpc) is 0.755. The second-order valence-corrected chi connectivity index (χ2v) is 34.3. The quantitative estimate of drug-likeness (QED) is 0.0313. The Morgan fingerprint density at radius 2 is 1.18 bits per heavy atom. The van der Waals surface area contributed by atoms with Gasteiger partial charge in [-0.1, -0.05) is 99.5 Å². The summed E-state index contributed by atoms with van der Waals surface area (Å²) < 4.78 is 44.6. The zero-order chi connectivity index (χ0) is 95.3. The molecule has 7 aromatic rings. The predicted molar refractivity (Wildman–Crippen MR) is 473 cm³/mol. The van der Waals surface area contributed by atoms with E-state index in [1.165, 1.54) is 49.5 Å². The van der Waals surface area contributed by atoms with Gasteiger partial charge in [-0.3, -0.25) is 38.4 Å². The van der Waals surface area contributed by atoms with Crippen LogP contribution in [0, 0.1) is 5.92 Å². The number of nitrogens with two attached hydrogens (primary N) is 1. The first kappa shape index (κ1) is 98.5. The molecule has 133 heavy (non-hydrogen) atoms. The molecule has 0 aromatic heterocycles. The number of aliphatic carboxylic acids is 1. The number of aliphatic hydroxyl groups is 7. The van der Waals surface area contributed by atoms with Gasteiger partial charge in [0.2, 0.25) is 65.6 Å². The SMILES string of the molecule is CN[C@H]1C(=O)N[C@@H]2Cc3ccc(cc3)Oc3cc4cc(c3O[C@@H]3O[C@H](C(=O)O)[C@@H](O)[C@H](O)[C@H]3NC(=O)CCCCCCCC(C)C)Oc3ccc(cc3Cl)[C@@H](O)[C@@H]3NC(=O)[C@H](NC(=O)[C@@H]4NC(=O)[C@@H](NC2=O)c2cc(cc(O)c2Cl)Oc2cc1ccc2O)c1ccc(O)c(c1)-c1c(O[C@H]2O[C@H](CO)[C@@H](O)[C@H](O)[C@@H]2O)cc(O)cc1[C@H](C(=O)NCCCNCCCNCCCN)NC3=O. The van der Waals surface area contributed by atoms with Gasteiger partial charge in [-0.2, -0.15) is 0 Å². The summed E-state index contributed by atoms with van der Waals surface area (Å²) in [6.07, 6.45) is -15.6. The fourth-order valence-corrected chi connectivity index (χ4v) is 16.8. The Morgan fingerprint density at radius 3 is 1.88 bits per heavy atom. The molecule has 8 aliphatic rings. The number of ether oxygens (including phenoxy) is 7. The van der Waals surface area contributed by atoms with Gasteiger partial charge < -0.3 is 159 Å². The van der Waals surface area contributed by atoms with Crippen molar-refractivity contribution < 1.29 is 138 Å². The minimum atomic E-state index is -2.46. The summed E-state index contributed by atoms with van der Waals surface area (Å²) in [5, 5.41) is 168. The van der Waals surface area contributed by atoms with E-state index in [0.717, 1.165) is 118 Å². The molecule has 25 N–H and O–H groups in total. The number of carboxylic acid groups (broad SMARTS) is 1. The van der Waals surface area contributed by atoms with E-state index in [2.05, 4.69) is 72.3 Å². The number of hydrogen-bond donors (Lipinski definition) is 24. The van der Waals surface area contributed by atoms with Gasteiger partial charge in [0.1, 0.15) is 131 Å². The molecule has 0 spiro atoms. The molecular formula is C91H108Cl2N12O28. The molecule has 15 rings (SSSR count). The molecule has 714 valence electrons. The lowest BCUT2D eigenvalue weighted by molar-refractivity contribution is -0.277. The highest BCUT2D eigenvalue weighted by molar-refractivity contribution is 6.33. The number of aliphatic hydroxyl groups excluding tert-OH is 7. The molecule has 8 amide bonds. The summed E-state index contributed by atoms with van der Waals surface area (Å²) in [6, 6.07) is 5.61. The van der Waals surface area contributed by atoms with Crippen molar-refractivity contribution in [1.82, 2.24) is 58.5 Å². The van der Waals surface area contributed by atoms with Crippen molar-refractivity contribution in [1.29, 1.82) is 0 Å². The lowest BCUT2D eigenvalue weighted by Crippen LogP contribution is -2.66. The summed E-state index contributed by atoms with van der Waals surface area (Å²) in [5.41, 5.74) is 2.92. The van der Waals surface area contributed by atoms with E-state index < -0.39 is 271 Å². The van der Waals surface area contributed by atoms with Gasteiger partial charge in [-0.15, -0.1) is 0 Å². The van der Waals surface area contributed by atoms with Gasteiger partial charge in [0.05, 0.1) is 16.7 Å². The van der Waals surface area contributed by atoms with Gasteiger partial charge in [0.15, 0.2) is 29.1 Å². The van der Waals surface area contributed by atoms with E-state index in [4.69, 9.17) is 62.1 Å². The van der Waals surface area contributed by atoms with Gasteiger partial charge >= 0.3 is 5.97 Å². The van der Waals surface area contributed by atoms with Crippen LogP contribution >= 0.6 is 23.2 Å². The number of likely N-dealkylation sites (N-methyl/N-ethyl adjacent to an activating group) is 1. The van der Waals surface area contributed by atoms with E-state index in [-0.39, 0.29) is 47.8 Å². The highest BCUT2D eigenvalue weighted by atomic mass is 35.5. The minimum Gasteiger partial charge on any atom is -0.508 e. The average molecular weight is 1890 g/mol. The van der Waals surface area contributed by atoms with E-state index in [0.29, 0.717) is 50.5 Å². The number of carbonyl (C=O) groups excluding carboxylic acids is 8.